The van der Waals surface area contributed by atoms with Gasteiger partial charge in [-0.3, -0.25) is 4.79 Å². The van der Waals surface area contributed by atoms with Crippen LogP contribution in [0.15, 0.2) is 35.3 Å². The van der Waals surface area contributed by atoms with Gasteiger partial charge in [0.25, 0.3) is 0 Å². The number of primary amides is 1. The van der Waals surface area contributed by atoms with Gasteiger partial charge in [0.1, 0.15) is 0 Å². The summed E-state index contributed by atoms with van der Waals surface area (Å²) in [4.78, 5) is 11.4. The largest absolute Gasteiger partial charge is 0.366 e. The quantitative estimate of drug-likeness (QED) is 0.752. The Bertz CT molecular complexity index is 567. The molecule has 21 heavy (non-hydrogen) atoms. The van der Waals surface area contributed by atoms with Crippen LogP contribution >= 0.6 is 15.9 Å². The maximum atomic E-state index is 12.3. The number of nitrogens with one attached hydrogen (secondary N) is 1. The number of carbonyl (C=O) groups excluding carboxylic acids is 1. The molecule has 0 radical (unpaired) electrons. The first-order valence-electron chi connectivity index (χ1n) is 6.54. The molecule has 1 unspecified atom stereocenters. The Kier molecular flexibility index (Phi) is 6.31. The molecule has 0 saturated carbocycles. The van der Waals surface area contributed by atoms with Gasteiger partial charge in [-0.25, -0.2) is 8.93 Å². The van der Waals surface area contributed by atoms with Gasteiger partial charge in [-0.2, -0.15) is 0 Å². The van der Waals surface area contributed by atoms with Gasteiger partial charge in [0.05, 0.1) is 15.7 Å². The van der Waals surface area contributed by atoms with Crippen molar-refractivity contribution in [1.82, 2.24) is 4.72 Å². The molecule has 1 amide bonds. The molecule has 6 heteroatoms. The first-order valence-corrected chi connectivity index (χ1v) is 8.48. The van der Waals surface area contributed by atoms with Crippen LogP contribution in [0.4, 0.5) is 0 Å². The minimum atomic E-state index is -1.22. The van der Waals surface area contributed by atoms with Crippen molar-refractivity contribution in [2.45, 2.75) is 38.0 Å². The van der Waals surface area contributed by atoms with Crippen molar-refractivity contribution in [3.8, 4) is 0 Å². The zero-order valence-corrected chi connectivity index (χ0v) is 14.9. The number of rotatable bonds is 6. The maximum Gasteiger partial charge on any atom is 0.248 e. The highest BCUT2D eigenvalue weighted by molar-refractivity contribution is 9.10. The molecule has 0 aliphatic rings. The second-order valence-electron chi connectivity index (χ2n) is 5.71. The zero-order valence-electron chi connectivity index (χ0n) is 12.5. The van der Waals surface area contributed by atoms with E-state index in [1.807, 2.05) is 26.8 Å². The molecule has 1 rings (SSSR count). The molecular weight excluding hydrogens is 352 g/mol. The fraction of sp³-hybridized carbons (Fsp3) is 0.400. The van der Waals surface area contributed by atoms with E-state index in [2.05, 4.69) is 27.2 Å². The van der Waals surface area contributed by atoms with Crippen LogP contribution < -0.4 is 10.5 Å². The van der Waals surface area contributed by atoms with E-state index in [0.717, 1.165) is 10.0 Å². The normalized spacial score (nSPS) is 14.5. The van der Waals surface area contributed by atoms with Crippen molar-refractivity contribution >= 4 is 32.8 Å². The van der Waals surface area contributed by atoms with E-state index in [-0.39, 0.29) is 10.8 Å². The summed E-state index contributed by atoms with van der Waals surface area (Å²) >= 11 is 3.37. The third kappa shape index (κ3) is 5.37. The standard InChI is InChI=1S/C15H21BrN2O2S/c1-5-6-13(18-21(20)15(2,3)4)10-7-11(14(17)19)9-12(16)8-10/h5,7-9,13,18H,1,6H2,2-4H3,(H2,17,19)/t13-,21?/m0/s1. The third-order valence-electron chi connectivity index (χ3n) is 2.81. The van der Waals surface area contributed by atoms with E-state index in [4.69, 9.17) is 5.73 Å². The van der Waals surface area contributed by atoms with Crippen molar-refractivity contribution in [3.63, 3.8) is 0 Å². The number of hydrogen-bond acceptors (Lipinski definition) is 2. The van der Waals surface area contributed by atoms with Crippen LogP contribution in [-0.2, 0) is 11.0 Å². The molecule has 0 spiro atoms. The van der Waals surface area contributed by atoms with E-state index < -0.39 is 16.9 Å². The van der Waals surface area contributed by atoms with E-state index in [9.17, 15) is 9.00 Å². The molecule has 0 fully saturated rings. The topological polar surface area (TPSA) is 72.2 Å². The van der Waals surface area contributed by atoms with Crippen molar-refractivity contribution in [2.75, 3.05) is 0 Å². The third-order valence-corrected chi connectivity index (χ3v) is 4.88. The SMILES string of the molecule is C=CC[C@H](NS(=O)C(C)(C)C)c1cc(Br)cc(C(N)=O)c1. The molecule has 0 aliphatic heterocycles. The van der Waals surface area contributed by atoms with Crippen LogP contribution in [0.3, 0.4) is 0 Å². The van der Waals surface area contributed by atoms with Crippen LogP contribution in [0, 0.1) is 0 Å². The summed E-state index contributed by atoms with van der Waals surface area (Å²) in [5.74, 6) is -0.494. The molecule has 0 saturated heterocycles. The number of nitrogens with two attached hydrogens (primary N) is 1. The first-order chi connectivity index (χ1) is 9.65. The molecule has 1 aromatic rings. The highest BCUT2D eigenvalue weighted by atomic mass is 79.9. The minimum Gasteiger partial charge on any atom is -0.366 e. The predicted octanol–water partition coefficient (Wildman–Crippen LogP) is 3.22. The number of carbonyl (C=O) groups is 1. The van der Waals surface area contributed by atoms with Gasteiger partial charge < -0.3 is 5.73 Å². The molecule has 0 aliphatic carbocycles. The molecule has 4 nitrogen and oxygen atoms in total. The summed E-state index contributed by atoms with van der Waals surface area (Å²) in [5, 5.41) is 0. The summed E-state index contributed by atoms with van der Waals surface area (Å²) < 4.78 is 15.8. The summed E-state index contributed by atoms with van der Waals surface area (Å²) in [6.07, 6.45) is 2.35. The van der Waals surface area contributed by atoms with Crippen molar-refractivity contribution < 1.29 is 9.00 Å². The summed E-state index contributed by atoms with van der Waals surface area (Å²) in [5.41, 5.74) is 6.59. The Labute approximate surface area is 136 Å². The van der Waals surface area contributed by atoms with Gasteiger partial charge >= 0.3 is 0 Å². The molecule has 3 N–H and O–H groups in total. The van der Waals surface area contributed by atoms with Gasteiger partial charge in [0, 0.05) is 16.1 Å². The van der Waals surface area contributed by atoms with Gasteiger partial charge in [-0.15, -0.1) is 6.58 Å². The van der Waals surface area contributed by atoms with Crippen molar-refractivity contribution in [2.24, 2.45) is 5.73 Å². The number of halogens is 1. The molecule has 0 bridgehead atoms. The molecule has 0 aromatic heterocycles. The first kappa shape index (κ1) is 18.1. The fourth-order valence-electron chi connectivity index (χ4n) is 1.68. The monoisotopic (exact) mass is 372 g/mol. The highest BCUT2D eigenvalue weighted by Crippen LogP contribution is 2.25. The highest BCUT2D eigenvalue weighted by Gasteiger charge is 2.23. The van der Waals surface area contributed by atoms with Gasteiger partial charge in [-0.1, -0.05) is 22.0 Å². The van der Waals surface area contributed by atoms with Crippen LogP contribution in [0.25, 0.3) is 0 Å². The Morgan fingerprint density at radius 3 is 2.57 bits per heavy atom. The van der Waals surface area contributed by atoms with Crippen molar-refractivity contribution in [3.05, 3.63) is 46.5 Å². The number of benzene rings is 1. The average Bonchev–Trinajstić information content (AvgIpc) is 2.36. The average molecular weight is 373 g/mol. The zero-order chi connectivity index (χ0) is 16.2. The molecule has 116 valence electrons. The van der Waals surface area contributed by atoms with E-state index in [0.29, 0.717) is 12.0 Å². The summed E-state index contributed by atoms with van der Waals surface area (Å²) in [6.45, 7) is 9.43. The lowest BCUT2D eigenvalue weighted by Gasteiger charge is -2.24. The predicted molar refractivity (Wildman–Crippen MR) is 91.2 cm³/mol. The minimum absolute atomic E-state index is 0.196. The lowest BCUT2D eigenvalue weighted by molar-refractivity contribution is 0.1000. The Morgan fingerprint density at radius 1 is 1.48 bits per heavy atom. The smallest absolute Gasteiger partial charge is 0.248 e. The Balaban J connectivity index is 3.14. The number of hydrogen-bond donors (Lipinski definition) is 2. The molecule has 0 heterocycles. The van der Waals surface area contributed by atoms with Crippen molar-refractivity contribution in [1.29, 1.82) is 0 Å². The molecule has 1 aromatic carbocycles. The summed E-state index contributed by atoms with van der Waals surface area (Å²) in [7, 11) is -1.22. The molecular formula is C15H21BrN2O2S. The van der Waals surface area contributed by atoms with Gasteiger partial charge in [-0.05, 0) is 51.0 Å². The van der Waals surface area contributed by atoms with Crippen LogP contribution in [0.1, 0.15) is 49.2 Å². The van der Waals surface area contributed by atoms with Gasteiger partial charge in [0.15, 0.2) is 0 Å². The van der Waals surface area contributed by atoms with Crippen LogP contribution in [0.2, 0.25) is 0 Å². The van der Waals surface area contributed by atoms with Gasteiger partial charge in [0.2, 0.25) is 5.91 Å². The van der Waals surface area contributed by atoms with E-state index >= 15 is 0 Å². The lowest BCUT2D eigenvalue weighted by Crippen LogP contribution is -2.35. The Hall–Kier alpha value is -0.980. The van der Waals surface area contributed by atoms with Crippen LogP contribution in [0.5, 0.6) is 0 Å². The van der Waals surface area contributed by atoms with E-state index in [1.165, 1.54) is 0 Å². The van der Waals surface area contributed by atoms with E-state index in [1.54, 1.807) is 18.2 Å². The molecule has 2 atom stereocenters. The second-order valence-corrected chi connectivity index (χ2v) is 8.63. The number of amides is 1. The lowest BCUT2D eigenvalue weighted by atomic mass is 10.0. The fourth-order valence-corrected chi connectivity index (χ4v) is 3.04. The second kappa shape index (κ2) is 7.33. The Morgan fingerprint density at radius 2 is 2.10 bits per heavy atom. The van der Waals surface area contributed by atoms with Crippen LogP contribution in [-0.4, -0.2) is 14.9 Å². The maximum absolute atomic E-state index is 12.3. The summed E-state index contributed by atoms with van der Waals surface area (Å²) in [6, 6.07) is 5.07.